The van der Waals surface area contributed by atoms with Crippen molar-refractivity contribution >= 4 is 11.7 Å². The molecule has 0 saturated heterocycles. The second-order valence-electron chi connectivity index (χ2n) is 6.47. The van der Waals surface area contributed by atoms with Crippen LogP contribution in [-0.4, -0.2) is 30.1 Å². The van der Waals surface area contributed by atoms with E-state index in [1.165, 1.54) is 5.56 Å². The SMILES string of the molecule is Cc1ccc(NC(=O)N(C)C2(CN)CCC(C)CC2)cc1. The highest BCUT2D eigenvalue weighted by Gasteiger charge is 2.39. The molecule has 0 aromatic heterocycles. The lowest BCUT2D eigenvalue weighted by Crippen LogP contribution is -2.57. The molecule has 1 aromatic carbocycles. The summed E-state index contributed by atoms with van der Waals surface area (Å²) in [6.07, 6.45) is 4.25. The highest BCUT2D eigenvalue weighted by molar-refractivity contribution is 5.89. The smallest absolute Gasteiger partial charge is 0.322 e. The van der Waals surface area contributed by atoms with Crippen LogP contribution in [0.25, 0.3) is 0 Å². The van der Waals surface area contributed by atoms with Crippen LogP contribution in [0.3, 0.4) is 0 Å². The minimum absolute atomic E-state index is 0.0705. The van der Waals surface area contributed by atoms with Crippen LogP contribution in [0.4, 0.5) is 10.5 Å². The number of likely N-dealkylation sites (N-methyl/N-ethyl adjacent to an activating group) is 1. The Kier molecular flexibility index (Phi) is 4.88. The Labute approximate surface area is 127 Å². The molecule has 21 heavy (non-hydrogen) atoms. The number of amides is 2. The Morgan fingerprint density at radius 3 is 2.43 bits per heavy atom. The summed E-state index contributed by atoms with van der Waals surface area (Å²) in [5.74, 6) is 0.734. The maximum Gasteiger partial charge on any atom is 0.322 e. The topological polar surface area (TPSA) is 58.4 Å². The van der Waals surface area contributed by atoms with E-state index in [0.29, 0.717) is 6.54 Å². The summed E-state index contributed by atoms with van der Waals surface area (Å²) in [5.41, 5.74) is 7.83. The van der Waals surface area contributed by atoms with Crippen molar-refractivity contribution in [3.8, 4) is 0 Å². The van der Waals surface area contributed by atoms with Gasteiger partial charge in [0.15, 0.2) is 0 Å². The van der Waals surface area contributed by atoms with Crippen LogP contribution < -0.4 is 11.1 Å². The van der Waals surface area contributed by atoms with Crippen LogP contribution in [0.15, 0.2) is 24.3 Å². The van der Waals surface area contributed by atoms with Gasteiger partial charge in [-0.3, -0.25) is 0 Å². The molecule has 1 aliphatic carbocycles. The first-order valence-electron chi connectivity index (χ1n) is 7.78. The summed E-state index contributed by atoms with van der Waals surface area (Å²) < 4.78 is 0. The fraction of sp³-hybridized carbons (Fsp3) is 0.588. The van der Waals surface area contributed by atoms with Crippen LogP contribution in [0.2, 0.25) is 0 Å². The summed E-state index contributed by atoms with van der Waals surface area (Å²) >= 11 is 0. The number of nitrogens with zero attached hydrogens (tertiary/aromatic N) is 1. The molecule has 0 aliphatic heterocycles. The third-order valence-corrected chi connectivity index (χ3v) is 4.90. The van der Waals surface area contributed by atoms with E-state index in [-0.39, 0.29) is 11.6 Å². The molecule has 1 saturated carbocycles. The Morgan fingerprint density at radius 1 is 1.33 bits per heavy atom. The molecule has 0 bridgehead atoms. The van der Waals surface area contributed by atoms with Gasteiger partial charge in [0, 0.05) is 19.3 Å². The van der Waals surface area contributed by atoms with Crippen LogP contribution in [0.5, 0.6) is 0 Å². The minimum Gasteiger partial charge on any atom is -0.328 e. The zero-order valence-electron chi connectivity index (χ0n) is 13.4. The Morgan fingerprint density at radius 2 is 1.90 bits per heavy atom. The van der Waals surface area contributed by atoms with Gasteiger partial charge in [-0.2, -0.15) is 0 Å². The molecular formula is C17H27N3O. The van der Waals surface area contributed by atoms with Crippen molar-refractivity contribution in [3.63, 3.8) is 0 Å². The molecule has 1 fully saturated rings. The van der Waals surface area contributed by atoms with Gasteiger partial charge >= 0.3 is 6.03 Å². The van der Waals surface area contributed by atoms with Crippen molar-refractivity contribution in [2.75, 3.05) is 18.9 Å². The molecule has 1 aliphatic rings. The van der Waals surface area contributed by atoms with Gasteiger partial charge in [0.25, 0.3) is 0 Å². The number of anilines is 1. The van der Waals surface area contributed by atoms with Gasteiger partial charge in [-0.15, -0.1) is 0 Å². The van der Waals surface area contributed by atoms with E-state index in [2.05, 4.69) is 12.2 Å². The van der Waals surface area contributed by atoms with Gasteiger partial charge in [0.2, 0.25) is 0 Å². The van der Waals surface area contributed by atoms with Crippen molar-refractivity contribution in [2.24, 2.45) is 11.7 Å². The Balaban J connectivity index is 2.05. The lowest BCUT2D eigenvalue weighted by molar-refractivity contribution is 0.0968. The fourth-order valence-corrected chi connectivity index (χ4v) is 3.04. The van der Waals surface area contributed by atoms with E-state index in [9.17, 15) is 4.79 Å². The highest BCUT2D eigenvalue weighted by atomic mass is 16.2. The second kappa shape index (κ2) is 6.48. The van der Waals surface area contributed by atoms with Crippen LogP contribution >= 0.6 is 0 Å². The van der Waals surface area contributed by atoms with Crippen LogP contribution in [0.1, 0.15) is 38.2 Å². The molecule has 0 heterocycles. The number of hydrogen-bond acceptors (Lipinski definition) is 2. The number of aryl methyl sites for hydroxylation is 1. The second-order valence-corrected chi connectivity index (χ2v) is 6.47. The van der Waals surface area contributed by atoms with Gasteiger partial charge in [0.05, 0.1) is 5.54 Å². The monoisotopic (exact) mass is 289 g/mol. The maximum absolute atomic E-state index is 12.5. The van der Waals surface area contributed by atoms with Crippen LogP contribution in [0, 0.1) is 12.8 Å². The number of benzene rings is 1. The molecule has 0 radical (unpaired) electrons. The summed E-state index contributed by atoms with van der Waals surface area (Å²) in [6, 6.07) is 7.78. The Bertz CT molecular complexity index is 475. The lowest BCUT2D eigenvalue weighted by Gasteiger charge is -2.45. The average molecular weight is 289 g/mol. The van der Waals surface area contributed by atoms with Crippen molar-refractivity contribution in [1.82, 2.24) is 4.90 Å². The number of carbonyl (C=O) groups is 1. The summed E-state index contributed by atoms with van der Waals surface area (Å²) in [6.45, 7) is 4.83. The fourth-order valence-electron chi connectivity index (χ4n) is 3.04. The number of nitrogens with one attached hydrogen (secondary N) is 1. The predicted molar refractivity (Wildman–Crippen MR) is 87.4 cm³/mol. The number of hydrogen-bond donors (Lipinski definition) is 2. The zero-order chi connectivity index (χ0) is 15.5. The zero-order valence-corrected chi connectivity index (χ0v) is 13.4. The molecular weight excluding hydrogens is 262 g/mol. The van der Waals surface area contributed by atoms with E-state index < -0.39 is 0 Å². The van der Waals surface area contributed by atoms with Gasteiger partial charge < -0.3 is 16.0 Å². The molecule has 0 atom stereocenters. The standard InChI is InChI=1S/C17H27N3O/c1-13-4-6-15(7-5-13)19-16(21)20(3)17(12-18)10-8-14(2)9-11-17/h4-7,14H,8-12,18H2,1-3H3,(H,19,21). The molecule has 0 spiro atoms. The molecule has 2 amide bonds. The first-order valence-corrected chi connectivity index (χ1v) is 7.78. The van der Waals surface area contributed by atoms with Gasteiger partial charge in [-0.25, -0.2) is 4.79 Å². The average Bonchev–Trinajstić information content (AvgIpc) is 2.50. The van der Waals surface area contributed by atoms with Crippen molar-refractivity contribution in [2.45, 2.75) is 45.1 Å². The van der Waals surface area contributed by atoms with Crippen LogP contribution in [-0.2, 0) is 0 Å². The number of urea groups is 1. The third-order valence-electron chi connectivity index (χ3n) is 4.90. The third kappa shape index (κ3) is 3.56. The van der Waals surface area contributed by atoms with Gasteiger partial charge in [0.1, 0.15) is 0 Å². The molecule has 4 nitrogen and oxygen atoms in total. The molecule has 1 aromatic rings. The molecule has 116 valence electrons. The molecule has 0 unspecified atom stereocenters. The van der Waals surface area contributed by atoms with E-state index in [1.807, 2.05) is 43.1 Å². The Hall–Kier alpha value is -1.55. The van der Waals surface area contributed by atoms with Crippen molar-refractivity contribution in [3.05, 3.63) is 29.8 Å². The predicted octanol–water partition coefficient (Wildman–Crippen LogP) is 3.37. The first kappa shape index (κ1) is 15.8. The lowest BCUT2D eigenvalue weighted by atomic mass is 9.76. The van der Waals surface area contributed by atoms with E-state index in [4.69, 9.17) is 5.73 Å². The summed E-state index contributed by atoms with van der Waals surface area (Å²) in [5, 5.41) is 2.97. The quantitative estimate of drug-likeness (QED) is 0.896. The molecule has 4 heteroatoms. The van der Waals surface area contributed by atoms with Gasteiger partial charge in [-0.05, 0) is 50.7 Å². The number of nitrogens with two attached hydrogens (primary N) is 1. The van der Waals surface area contributed by atoms with E-state index in [0.717, 1.165) is 37.3 Å². The summed E-state index contributed by atoms with van der Waals surface area (Å²) in [7, 11) is 1.87. The summed E-state index contributed by atoms with van der Waals surface area (Å²) in [4.78, 5) is 14.3. The van der Waals surface area contributed by atoms with Gasteiger partial charge in [-0.1, -0.05) is 24.6 Å². The minimum atomic E-state index is -0.193. The maximum atomic E-state index is 12.5. The number of rotatable bonds is 3. The van der Waals surface area contributed by atoms with Crippen molar-refractivity contribution in [1.29, 1.82) is 0 Å². The molecule has 3 N–H and O–H groups in total. The van der Waals surface area contributed by atoms with E-state index in [1.54, 1.807) is 0 Å². The normalized spacial score (nSPS) is 25.4. The van der Waals surface area contributed by atoms with Crippen molar-refractivity contribution < 1.29 is 4.79 Å². The number of carbonyl (C=O) groups excluding carboxylic acids is 1. The van der Waals surface area contributed by atoms with E-state index >= 15 is 0 Å². The molecule has 2 rings (SSSR count). The highest BCUT2D eigenvalue weighted by Crippen LogP contribution is 2.35. The first-order chi connectivity index (χ1) is 9.97. The largest absolute Gasteiger partial charge is 0.328 e.